The molecule has 1 aliphatic carbocycles. The lowest BCUT2D eigenvalue weighted by Gasteiger charge is -2.27. The number of aromatic nitrogens is 1. The number of anilines is 1. The highest BCUT2D eigenvalue weighted by molar-refractivity contribution is 5.80. The van der Waals surface area contributed by atoms with Gasteiger partial charge in [0.1, 0.15) is 5.75 Å². The molecule has 1 unspecified atom stereocenters. The summed E-state index contributed by atoms with van der Waals surface area (Å²) in [6.45, 7) is 2.09. The average Bonchev–Trinajstić information content (AvgIpc) is 3.17. The fraction of sp³-hybridized carbons (Fsp3) is 0.455. The number of nitrogens with zero attached hydrogens (tertiary/aromatic N) is 3. The van der Waals surface area contributed by atoms with E-state index in [1.54, 1.807) is 19.3 Å². The largest absolute Gasteiger partial charge is 0.490 e. The van der Waals surface area contributed by atoms with Crippen LogP contribution in [0.1, 0.15) is 31.2 Å². The zero-order valence-electron chi connectivity index (χ0n) is 16.8. The molecular weight excluding hydrogens is 369 g/mol. The average molecular weight is 397 g/mol. The number of ether oxygens (including phenoxy) is 1. The maximum atomic E-state index is 14.0. The first-order valence-corrected chi connectivity index (χ1v) is 10.3. The Kier molecular flexibility index (Phi) is 6.12. The van der Waals surface area contributed by atoms with Crippen molar-refractivity contribution in [2.45, 2.75) is 44.4 Å². The van der Waals surface area contributed by atoms with Crippen LogP contribution in [-0.4, -0.2) is 43.2 Å². The summed E-state index contributed by atoms with van der Waals surface area (Å²) >= 11 is 0. The van der Waals surface area contributed by atoms with Gasteiger partial charge in [0.2, 0.25) is 0 Å². The zero-order chi connectivity index (χ0) is 20.1. The summed E-state index contributed by atoms with van der Waals surface area (Å²) in [5, 5.41) is 6.82. The minimum atomic E-state index is -0.279. The van der Waals surface area contributed by atoms with Crippen molar-refractivity contribution in [3.63, 3.8) is 0 Å². The van der Waals surface area contributed by atoms with Crippen molar-refractivity contribution < 1.29 is 9.13 Å². The van der Waals surface area contributed by atoms with Gasteiger partial charge in [-0.1, -0.05) is 18.2 Å². The molecule has 29 heavy (non-hydrogen) atoms. The second-order valence-electron chi connectivity index (χ2n) is 7.59. The molecule has 2 aliphatic rings. The topological polar surface area (TPSA) is 61.8 Å². The summed E-state index contributed by atoms with van der Waals surface area (Å²) in [5.74, 6) is 1.81. The van der Waals surface area contributed by atoms with E-state index in [1.807, 2.05) is 23.1 Å². The Morgan fingerprint density at radius 3 is 2.86 bits per heavy atom. The molecule has 154 valence electrons. The normalized spacial score (nSPS) is 19.7. The Morgan fingerprint density at radius 1 is 1.24 bits per heavy atom. The molecule has 2 aromatic rings. The molecule has 0 radical (unpaired) electrons. The fourth-order valence-corrected chi connectivity index (χ4v) is 3.68. The number of pyridine rings is 1. The Hall–Kier alpha value is -2.83. The third-order valence-electron chi connectivity index (χ3n) is 5.56. The molecule has 2 heterocycles. The number of hydrogen-bond donors (Lipinski definition) is 2. The Bertz CT molecular complexity index is 855. The lowest BCUT2D eigenvalue weighted by molar-refractivity contribution is 0.119. The molecule has 1 atom stereocenters. The van der Waals surface area contributed by atoms with E-state index in [4.69, 9.17) is 4.74 Å². The highest BCUT2D eigenvalue weighted by Crippen LogP contribution is 2.27. The predicted octanol–water partition coefficient (Wildman–Crippen LogP) is 3.10. The van der Waals surface area contributed by atoms with E-state index in [9.17, 15) is 4.39 Å². The maximum Gasteiger partial charge on any atom is 0.191 e. The summed E-state index contributed by atoms with van der Waals surface area (Å²) in [5.41, 5.74) is 1.12. The molecule has 6 nitrogen and oxygen atoms in total. The monoisotopic (exact) mass is 397 g/mol. The lowest BCUT2D eigenvalue weighted by Crippen LogP contribution is -2.44. The molecule has 7 heteroatoms. The summed E-state index contributed by atoms with van der Waals surface area (Å²) in [7, 11) is 1.76. The number of aliphatic imine (C=N–C) groups is 1. The molecule has 1 aliphatic heterocycles. The van der Waals surface area contributed by atoms with Gasteiger partial charge in [0.05, 0.1) is 6.10 Å². The first kappa shape index (κ1) is 19.5. The minimum Gasteiger partial charge on any atom is -0.490 e. The van der Waals surface area contributed by atoms with E-state index in [2.05, 4.69) is 26.7 Å². The Morgan fingerprint density at radius 2 is 2.10 bits per heavy atom. The number of guanidine groups is 1. The van der Waals surface area contributed by atoms with Crippen LogP contribution in [0.4, 0.5) is 10.2 Å². The van der Waals surface area contributed by atoms with Gasteiger partial charge >= 0.3 is 0 Å². The SMILES string of the molecule is CN=C(NCc1ccccc1OC1CCC1)NC1CCN(c2ncccc2F)C1. The quantitative estimate of drug-likeness (QED) is 0.579. The summed E-state index contributed by atoms with van der Waals surface area (Å²) in [6.07, 6.45) is 6.41. The van der Waals surface area contributed by atoms with Crippen LogP contribution >= 0.6 is 0 Å². The van der Waals surface area contributed by atoms with Crippen LogP contribution in [0.5, 0.6) is 5.75 Å². The van der Waals surface area contributed by atoms with E-state index >= 15 is 0 Å². The van der Waals surface area contributed by atoms with Gasteiger partial charge in [0.25, 0.3) is 0 Å². The van der Waals surface area contributed by atoms with Gasteiger partial charge in [-0.15, -0.1) is 0 Å². The predicted molar refractivity (Wildman–Crippen MR) is 113 cm³/mol. The number of para-hydroxylation sites is 1. The molecule has 4 rings (SSSR count). The van der Waals surface area contributed by atoms with Crippen molar-refractivity contribution >= 4 is 11.8 Å². The third kappa shape index (κ3) is 4.78. The molecule has 1 aromatic heterocycles. The second kappa shape index (κ2) is 9.11. The van der Waals surface area contributed by atoms with Gasteiger partial charge in [0, 0.05) is 44.5 Å². The highest BCUT2D eigenvalue weighted by atomic mass is 19.1. The molecule has 0 amide bonds. The van der Waals surface area contributed by atoms with E-state index in [0.29, 0.717) is 25.0 Å². The van der Waals surface area contributed by atoms with Crippen LogP contribution in [0.25, 0.3) is 0 Å². The minimum absolute atomic E-state index is 0.184. The maximum absolute atomic E-state index is 14.0. The van der Waals surface area contributed by atoms with Gasteiger partial charge in [-0.25, -0.2) is 9.37 Å². The molecule has 1 saturated carbocycles. The second-order valence-corrected chi connectivity index (χ2v) is 7.59. The van der Waals surface area contributed by atoms with Gasteiger partial charge < -0.3 is 20.3 Å². The smallest absolute Gasteiger partial charge is 0.191 e. The van der Waals surface area contributed by atoms with Crippen molar-refractivity contribution in [1.29, 1.82) is 0 Å². The standard InChI is InChI=1S/C22H28FN5O/c1-24-22(26-14-16-6-2-3-10-20(16)29-18-7-4-8-18)27-17-11-13-28(15-17)21-19(23)9-5-12-25-21/h2-3,5-6,9-10,12,17-18H,4,7-8,11,13-15H2,1H3,(H2,24,26,27). The summed E-state index contributed by atoms with van der Waals surface area (Å²) < 4.78 is 20.1. The van der Waals surface area contributed by atoms with Gasteiger partial charge in [-0.2, -0.15) is 0 Å². The summed E-state index contributed by atoms with van der Waals surface area (Å²) in [6, 6.07) is 11.4. The molecule has 1 saturated heterocycles. The number of halogens is 1. The number of nitrogens with one attached hydrogen (secondary N) is 2. The third-order valence-corrected chi connectivity index (χ3v) is 5.56. The highest BCUT2D eigenvalue weighted by Gasteiger charge is 2.26. The zero-order valence-corrected chi connectivity index (χ0v) is 16.8. The van der Waals surface area contributed by atoms with E-state index in [-0.39, 0.29) is 11.9 Å². The van der Waals surface area contributed by atoms with Crippen molar-refractivity contribution in [3.8, 4) is 5.75 Å². The van der Waals surface area contributed by atoms with Gasteiger partial charge in [-0.05, 0) is 43.9 Å². The van der Waals surface area contributed by atoms with Crippen molar-refractivity contribution in [1.82, 2.24) is 15.6 Å². The van der Waals surface area contributed by atoms with Crippen molar-refractivity contribution in [3.05, 3.63) is 54.0 Å². The number of benzene rings is 1. The molecular formula is C22H28FN5O. The van der Waals surface area contributed by atoms with Crippen LogP contribution in [0.2, 0.25) is 0 Å². The molecule has 0 bridgehead atoms. The first-order valence-electron chi connectivity index (χ1n) is 10.3. The van der Waals surface area contributed by atoms with Crippen LogP contribution in [0.15, 0.2) is 47.6 Å². The van der Waals surface area contributed by atoms with Gasteiger partial charge in [-0.3, -0.25) is 4.99 Å². The molecule has 2 N–H and O–H groups in total. The Balaban J connectivity index is 1.31. The molecule has 2 fully saturated rings. The van der Waals surface area contributed by atoms with Crippen molar-refractivity contribution in [2.75, 3.05) is 25.0 Å². The van der Waals surface area contributed by atoms with Crippen LogP contribution < -0.4 is 20.3 Å². The van der Waals surface area contributed by atoms with Crippen LogP contribution in [0, 0.1) is 5.82 Å². The van der Waals surface area contributed by atoms with E-state index < -0.39 is 0 Å². The van der Waals surface area contributed by atoms with E-state index in [1.165, 1.54) is 12.5 Å². The van der Waals surface area contributed by atoms with Crippen molar-refractivity contribution in [2.24, 2.45) is 4.99 Å². The number of rotatable bonds is 6. The van der Waals surface area contributed by atoms with E-state index in [0.717, 1.165) is 43.1 Å². The summed E-state index contributed by atoms with van der Waals surface area (Å²) in [4.78, 5) is 10.5. The lowest BCUT2D eigenvalue weighted by atomic mass is 9.96. The Labute approximate surface area is 171 Å². The van der Waals surface area contributed by atoms with Gasteiger partial charge in [0.15, 0.2) is 17.6 Å². The first-order chi connectivity index (χ1) is 14.2. The van der Waals surface area contributed by atoms with Crippen LogP contribution in [-0.2, 0) is 6.54 Å². The molecule has 1 aromatic carbocycles. The molecule has 0 spiro atoms. The van der Waals surface area contributed by atoms with Crippen LogP contribution in [0.3, 0.4) is 0 Å². The number of hydrogen-bond acceptors (Lipinski definition) is 4. The fourth-order valence-electron chi connectivity index (χ4n) is 3.68.